The Hall–Kier alpha value is -3.46. The third-order valence-electron chi connectivity index (χ3n) is 5.12. The average Bonchev–Trinajstić information content (AvgIpc) is 3.35. The SMILES string of the molecule is CN(C)[C@@H](CNC(=O)C(=O)Nc1cc(C(C)(C)C)nn1-c1ccccc1)c1cnn(C)c1. The number of nitrogens with zero attached hydrogens (tertiary/aromatic N) is 5. The number of para-hydroxylation sites is 1. The maximum atomic E-state index is 12.7. The van der Waals surface area contributed by atoms with Crippen LogP contribution < -0.4 is 10.6 Å². The van der Waals surface area contributed by atoms with Gasteiger partial charge in [-0.1, -0.05) is 39.0 Å². The highest BCUT2D eigenvalue weighted by Gasteiger charge is 2.24. The van der Waals surface area contributed by atoms with E-state index in [1.807, 2.05) is 83.3 Å². The second kappa shape index (κ2) is 9.35. The zero-order valence-corrected chi connectivity index (χ0v) is 19.5. The van der Waals surface area contributed by atoms with Crippen LogP contribution in [0.1, 0.15) is 38.1 Å². The van der Waals surface area contributed by atoms with E-state index >= 15 is 0 Å². The molecule has 0 aliphatic carbocycles. The molecule has 2 N–H and O–H groups in total. The summed E-state index contributed by atoms with van der Waals surface area (Å²) in [5.41, 5.74) is 2.34. The van der Waals surface area contributed by atoms with E-state index < -0.39 is 11.8 Å². The Bertz CT molecular complexity index is 1080. The van der Waals surface area contributed by atoms with Crippen LogP contribution >= 0.6 is 0 Å². The molecule has 0 spiro atoms. The topological polar surface area (TPSA) is 97.1 Å². The van der Waals surface area contributed by atoms with Gasteiger partial charge >= 0.3 is 11.8 Å². The number of aryl methyl sites for hydroxylation is 1. The fourth-order valence-electron chi connectivity index (χ4n) is 3.26. The third-order valence-corrected chi connectivity index (χ3v) is 5.12. The van der Waals surface area contributed by atoms with E-state index in [1.54, 1.807) is 21.6 Å². The Morgan fingerprint density at radius 3 is 2.38 bits per heavy atom. The van der Waals surface area contributed by atoms with Crippen LogP contribution in [0.3, 0.4) is 0 Å². The van der Waals surface area contributed by atoms with Gasteiger partial charge in [-0.3, -0.25) is 14.3 Å². The molecule has 0 saturated heterocycles. The van der Waals surface area contributed by atoms with Gasteiger partial charge in [0, 0.05) is 36.8 Å². The number of amides is 2. The Morgan fingerprint density at radius 1 is 1.12 bits per heavy atom. The van der Waals surface area contributed by atoms with Crippen molar-refractivity contribution in [3.63, 3.8) is 0 Å². The first kappa shape index (κ1) is 23.2. The summed E-state index contributed by atoms with van der Waals surface area (Å²) >= 11 is 0. The molecule has 2 aromatic heterocycles. The second-order valence-electron chi connectivity index (χ2n) is 9.00. The zero-order chi connectivity index (χ0) is 23.5. The van der Waals surface area contributed by atoms with Crippen molar-refractivity contribution in [3.05, 3.63) is 60.0 Å². The Balaban J connectivity index is 1.74. The first-order chi connectivity index (χ1) is 15.1. The molecule has 32 heavy (non-hydrogen) atoms. The van der Waals surface area contributed by atoms with Gasteiger partial charge in [-0.05, 0) is 26.2 Å². The van der Waals surface area contributed by atoms with Gasteiger partial charge in [-0.25, -0.2) is 4.68 Å². The smallest absolute Gasteiger partial charge is 0.314 e. The zero-order valence-electron chi connectivity index (χ0n) is 19.5. The second-order valence-corrected chi connectivity index (χ2v) is 9.00. The fourth-order valence-corrected chi connectivity index (χ4v) is 3.26. The van der Waals surface area contributed by atoms with Gasteiger partial charge in [0.05, 0.1) is 23.6 Å². The van der Waals surface area contributed by atoms with E-state index in [9.17, 15) is 9.59 Å². The summed E-state index contributed by atoms with van der Waals surface area (Å²) in [7, 11) is 5.66. The Morgan fingerprint density at radius 2 is 1.81 bits per heavy atom. The summed E-state index contributed by atoms with van der Waals surface area (Å²) in [6.45, 7) is 6.41. The van der Waals surface area contributed by atoms with Gasteiger partial charge in [-0.15, -0.1) is 0 Å². The molecule has 0 fully saturated rings. The van der Waals surface area contributed by atoms with E-state index in [-0.39, 0.29) is 18.0 Å². The maximum Gasteiger partial charge on any atom is 0.314 e. The molecule has 3 aromatic rings. The quantitative estimate of drug-likeness (QED) is 0.577. The molecule has 0 aliphatic heterocycles. The molecule has 0 saturated carbocycles. The van der Waals surface area contributed by atoms with Gasteiger partial charge in [-0.2, -0.15) is 10.2 Å². The van der Waals surface area contributed by atoms with Gasteiger partial charge in [0.2, 0.25) is 0 Å². The lowest BCUT2D eigenvalue weighted by molar-refractivity contribution is -0.136. The minimum atomic E-state index is -0.744. The number of anilines is 1. The lowest BCUT2D eigenvalue weighted by atomic mass is 9.92. The average molecular weight is 438 g/mol. The third kappa shape index (κ3) is 5.42. The summed E-state index contributed by atoms with van der Waals surface area (Å²) < 4.78 is 3.35. The van der Waals surface area contributed by atoms with E-state index in [0.717, 1.165) is 16.9 Å². The summed E-state index contributed by atoms with van der Waals surface area (Å²) in [5, 5.41) is 14.3. The summed E-state index contributed by atoms with van der Waals surface area (Å²) in [5.74, 6) is -1.01. The molecule has 0 bridgehead atoms. The molecule has 2 heterocycles. The number of hydrogen-bond acceptors (Lipinski definition) is 5. The van der Waals surface area contributed by atoms with Crippen LogP contribution in [0.5, 0.6) is 0 Å². The molecule has 2 amide bonds. The molecular formula is C23H31N7O2. The summed E-state index contributed by atoms with van der Waals surface area (Å²) in [6.07, 6.45) is 3.65. The van der Waals surface area contributed by atoms with Crippen molar-refractivity contribution in [2.75, 3.05) is 26.0 Å². The van der Waals surface area contributed by atoms with Crippen molar-refractivity contribution < 1.29 is 9.59 Å². The van der Waals surface area contributed by atoms with Crippen molar-refractivity contribution in [2.24, 2.45) is 7.05 Å². The lowest BCUT2D eigenvalue weighted by Crippen LogP contribution is -2.40. The van der Waals surface area contributed by atoms with Crippen LogP contribution in [0.4, 0.5) is 5.82 Å². The highest BCUT2D eigenvalue weighted by atomic mass is 16.2. The maximum absolute atomic E-state index is 12.7. The molecule has 3 rings (SSSR count). The molecule has 9 nitrogen and oxygen atoms in total. The number of benzene rings is 1. The first-order valence-electron chi connectivity index (χ1n) is 10.5. The van der Waals surface area contributed by atoms with Gasteiger partial charge < -0.3 is 15.5 Å². The van der Waals surface area contributed by atoms with E-state index in [1.165, 1.54) is 0 Å². The number of likely N-dealkylation sites (N-methyl/N-ethyl adjacent to an activating group) is 1. The highest BCUT2D eigenvalue weighted by Crippen LogP contribution is 2.26. The predicted octanol–water partition coefficient (Wildman–Crippen LogP) is 2.26. The monoisotopic (exact) mass is 437 g/mol. The van der Waals surface area contributed by atoms with E-state index in [4.69, 9.17) is 0 Å². The van der Waals surface area contributed by atoms with Gasteiger partial charge in [0.1, 0.15) is 5.82 Å². The predicted molar refractivity (Wildman–Crippen MR) is 124 cm³/mol. The fraction of sp³-hybridized carbons (Fsp3) is 0.391. The molecule has 0 radical (unpaired) electrons. The van der Waals surface area contributed by atoms with Crippen molar-refractivity contribution in [3.8, 4) is 5.69 Å². The van der Waals surface area contributed by atoms with Crippen LogP contribution in [0.25, 0.3) is 5.69 Å². The number of hydrogen-bond donors (Lipinski definition) is 2. The van der Waals surface area contributed by atoms with Crippen LogP contribution in [-0.2, 0) is 22.1 Å². The number of carbonyl (C=O) groups is 2. The summed E-state index contributed by atoms with van der Waals surface area (Å²) in [6, 6.07) is 11.2. The van der Waals surface area contributed by atoms with Crippen LogP contribution in [0.15, 0.2) is 48.8 Å². The first-order valence-corrected chi connectivity index (χ1v) is 10.5. The Labute approximate surface area is 188 Å². The van der Waals surface area contributed by atoms with Crippen LogP contribution in [0.2, 0.25) is 0 Å². The van der Waals surface area contributed by atoms with E-state index in [0.29, 0.717) is 5.82 Å². The van der Waals surface area contributed by atoms with Gasteiger partial charge in [0.15, 0.2) is 0 Å². The standard InChI is InChI=1S/C23H31N7O2/c1-23(2,3)19-12-20(30(27-19)17-10-8-7-9-11-17)26-22(32)21(31)24-14-18(28(4)5)16-13-25-29(6)15-16/h7-13,15,18H,14H2,1-6H3,(H,24,31)(H,26,32)/t18-/m0/s1. The van der Waals surface area contributed by atoms with Crippen molar-refractivity contribution in [1.82, 2.24) is 29.8 Å². The minimum absolute atomic E-state index is 0.109. The lowest BCUT2D eigenvalue weighted by Gasteiger charge is -2.23. The van der Waals surface area contributed by atoms with Crippen LogP contribution in [-0.4, -0.2) is 56.9 Å². The van der Waals surface area contributed by atoms with Crippen molar-refractivity contribution in [1.29, 1.82) is 0 Å². The Kier molecular flexibility index (Phi) is 6.78. The number of nitrogens with one attached hydrogen (secondary N) is 2. The highest BCUT2D eigenvalue weighted by molar-refractivity contribution is 6.39. The van der Waals surface area contributed by atoms with Crippen LogP contribution in [0, 0.1) is 0 Å². The molecular weight excluding hydrogens is 406 g/mol. The van der Waals surface area contributed by atoms with Crippen molar-refractivity contribution in [2.45, 2.75) is 32.2 Å². The molecule has 170 valence electrons. The molecule has 1 atom stereocenters. The van der Waals surface area contributed by atoms with Crippen molar-refractivity contribution >= 4 is 17.6 Å². The number of carbonyl (C=O) groups excluding carboxylic acids is 2. The normalized spacial score (nSPS) is 12.6. The largest absolute Gasteiger partial charge is 0.346 e. The summed E-state index contributed by atoms with van der Waals surface area (Å²) in [4.78, 5) is 27.2. The minimum Gasteiger partial charge on any atom is -0.346 e. The van der Waals surface area contributed by atoms with Gasteiger partial charge in [0.25, 0.3) is 0 Å². The molecule has 1 aromatic carbocycles. The number of rotatable bonds is 6. The van der Waals surface area contributed by atoms with E-state index in [2.05, 4.69) is 20.8 Å². The molecule has 0 aliphatic rings. The molecule has 9 heteroatoms. The number of aromatic nitrogens is 4. The molecule has 0 unspecified atom stereocenters.